The molecule has 0 fully saturated rings. The Morgan fingerprint density at radius 1 is 0.875 bits per heavy atom. The zero-order valence-corrected chi connectivity index (χ0v) is 13.1. The summed E-state index contributed by atoms with van der Waals surface area (Å²) >= 11 is 0. The molecule has 3 rings (SSSR count). The molecule has 0 aliphatic carbocycles. The van der Waals surface area contributed by atoms with Gasteiger partial charge in [-0.1, -0.05) is 42.0 Å². The molecular weight excluding hydrogens is 306 g/mol. The Balaban J connectivity index is 1.69. The Labute approximate surface area is 139 Å². The van der Waals surface area contributed by atoms with Crippen LogP contribution in [0.3, 0.4) is 0 Å². The topological polar surface area (TPSA) is 71.7 Å². The fourth-order valence-electron chi connectivity index (χ4n) is 2.33. The molecule has 0 aliphatic rings. The standard InChI is InChI=1S/C19H17NO4/c1-13-2-4-14(5-3-13)12-15-6-8-16(9-7-15)19(23)24-20-17(21)10-11-18(20)22/h2-11,21-22H,12H2,1H3. The molecule has 0 saturated heterocycles. The summed E-state index contributed by atoms with van der Waals surface area (Å²) < 4.78 is 0.669. The first-order valence-electron chi connectivity index (χ1n) is 7.50. The molecule has 5 heteroatoms. The minimum absolute atomic E-state index is 0.329. The summed E-state index contributed by atoms with van der Waals surface area (Å²) in [5.74, 6) is -1.37. The van der Waals surface area contributed by atoms with Crippen LogP contribution in [0.2, 0.25) is 0 Å². The monoisotopic (exact) mass is 323 g/mol. The number of aromatic nitrogens is 1. The third-order valence-corrected chi connectivity index (χ3v) is 3.69. The molecule has 122 valence electrons. The first kappa shape index (κ1) is 15.7. The largest absolute Gasteiger partial charge is 0.492 e. The van der Waals surface area contributed by atoms with Crippen molar-refractivity contribution in [1.29, 1.82) is 0 Å². The molecule has 5 nitrogen and oxygen atoms in total. The number of carbonyl (C=O) groups excluding carboxylic acids is 1. The highest BCUT2D eigenvalue weighted by atomic mass is 16.7. The van der Waals surface area contributed by atoms with E-state index in [2.05, 4.69) is 24.3 Å². The van der Waals surface area contributed by atoms with Crippen molar-refractivity contribution in [3.8, 4) is 11.8 Å². The van der Waals surface area contributed by atoms with Crippen LogP contribution < -0.4 is 4.84 Å². The van der Waals surface area contributed by atoms with Gasteiger partial charge in [0.2, 0.25) is 11.8 Å². The van der Waals surface area contributed by atoms with E-state index in [1.807, 2.05) is 19.1 Å². The van der Waals surface area contributed by atoms with Crippen LogP contribution in [-0.2, 0) is 6.42 Å². The quantitative estimate of drug-likeness (QED) is 0.774. The van der Waals surface area contributed by atoms with Crippen LogP contribution in [0.25, 0.3) is 0 Å². The van der Waals surface area contributed by atoms with Crippen molar-refractivity contribution in [2.45, 2.75) is 13.3 Å². The Hall–Kier alpha value is -3.21. The maximum Gasteiger partial charge on any atom is 0.363 e. The van der Waals surface area contributed by atoms with Gasteiger partial charge in [0.25, 0.3) is 0 Å². The van der Waals surface area contributed by atoms with Gasteiger partial charge in [0.15, 0.2) is 0 Å². The molecule has 0 amide bonds. The minimum Gasteiger partial charge on any atom is -0.492 e. The lowest BCUT2D eigenvalue weighted by Gasteiger charge is -2.08. The van der Waals surface area contributed by atoms with E-state index in [1.165, 1.54) is 23.3 Å². The number of carbonyl (C=O) groups is 1. The third kappa shape index (κ3) is 3.41. The Kier molecular flexibility index (Phi) is 4.24. The lowest BCUT2D eigenvalue weighted by atomic mass is 10.0. The maximum atomic E-state index is 12.1. The molecule has 0 saturated carbocycles. The number of aromatic hydroxyl groups is 2. The van der Waals surface area contributed by atoms with Gasteiger partial charge >= 0.3 is 5.97 Å². The highest BCUT2D eigenvalue weighted by Gasteiger charge is 2.14. The first-order valence-corrected chi connectivity index (χ1v) is 7.50. The normalized spacial score (nSPS) is 10.5. The number of rotatable bonds is 4. The molecule has 0 atom stereocenters. The van der Waals surface area contributed by atoms with Crippen LogP contribution in [0.15, 0.2) is 60.7 Å². The molecule has 1 heterocycles. The number of aryl methyl sites for hydroxylation is 1. The smallest absolute Gasteiger partial charge is 0.363 e. The number of benzene rings is 2. The molecule has 0 unspecified atom stereocenters. The molecule has 0 bridgehead atoms. The van der Waals surface area contributed by atoms with Crippen LogP contribution in [0, 0.1) is 6.92 Å². The lowest BCUT2D eigenvalue weighted by molar-refractivity contribution is 0.0381. The molecule has 2 N–H and O–H groups in total. The van der Waals surface area contributed by atoms with E-state index < -0.39 is 5.97 Å². The van der Waals surface area contributed by atoms with Gasteiger partial charge in [0, 0.05) is 12.1 Å². The van der Waals surface area contributed by atoms with Crippen LogP contribution in [-0.4, -0.2) is 20.9 Å². The van der Waals surface area contributed by atoms with E-state index in [-0.39, 0.29) is 11.8 Å². The fraction of sp³-hybridized carbons (Fsp3) is 0.105. The van der Waals surface area contributed by atoms with Crippen molar-refractivity contribution in [1.82, 2.24) is 4.73 Å². The average Bonchev–Trinajstić information content (AvgIpc) is 2.89. The molecule has 24 heavy (non-hydrogen) atoms. The molecular formula is C19H17NO4. The second kappa shape index (κ2) is 6.50. The summed E-state index contributed by atoms with van der Waals surface area (Å²) in [4.78, 5) is 17.0. The van der Waals surface area contributed by atoms with Crippen LogP contribution in [0.1, 0.15) is 27.0 Å². The van der Waals surface area contributed by atoms with Crippen LogP contribution in [0.5, 0.6) is 11.8 Å². The molecule has 0 spiro atoms. The third-order valence-electron chi connectivity index (χ3n) is 3.69. The predicted molar refractivity (Wildman–Crippen MR) is 89.1 cm³/mol. The van der Waals surface area contributed by atoms with Crippen molar-refractivity contribution in [2.24, 2.45) is 0 Å². The van der Waals surface area contributed by atoms with Gasteiger partial charge < -0.3 is 15.1 Å². The van der Waals surface area contributed by atoms with E-state index >= 15 is 0 Å². The Morgan fingerprint density at radius 3 is 1.92 bits per heavy atom. The Bertz CT molecular complexity index is 829. The van der Waals surface area contributed by atoms with Gasteiger partial charge in [-0.25, -0.2) is 4.79 Å². The van der Waals surface area contributed by atoms with E-state index in [0.717, 1.165) is 12.0 Å². The van der Waals surface area contributed by atoms with Crippen molar-refractivity contribution < 1.29 is 19.8 Å². The summed E-state index contributed by atoms with van der Waals surface area (Å²) in [6.07, 6.45) is 0.773. The fourth-order valence-corrected chi connectivity index (χ4v) is 2.33. The van der Waals surface area contributed by atoms with Crippen LogP contribution >= 0.6 is 0 Å². The summed E-state index contributed by atoms with van der Waals surface area (Å²) in [7, 11) is 0. The predicted octanol–water partition coefficient (Wildman–Crippen LogP) is 3.07. The van der Waals surface area contributed by atoms with Gasteiger partial charge in [-0.05, 0) is 36.6 Å². The number of hydrogen-bond donors (Lipinski definition) is 2. The summed E-state index contributed by atoms with van der Waals surface area (Å²) in [5, 5.41) is 19.0. The number of hydrogen-bond acceptors (Lipinski definition) is 4. The average molecular weight is 323 g/mol. The number of nitrogens with zero attached hydrogens (tertiary/aromatic N) is 1. The minimum atomic E-state index is -0.668. The van der Waals surface area contributed by atoms with E-state index in [4.69, 9.17) is 4.84 Å². The summed E-state index contributed by atoms with van der Waals surface area (Å²) in [6.45, 7) is 2.05. The van der Waals surface area contributed by atoms with E-state index in [1.54, 1.807) is 12.1 Å². The van der Waals surface area contributed by atoms with Gasteiger partial charge in [-0.2, -0.15) is 0 Å². The van der Waals surface area contributed by atoms with Crippen molar-refractivity contribution in [3.05, 3.63) is 82.9 Å². The van der Waals surface area contributed by atoms with Crippen molar-refractivity contribution in [3.63, 3.8) is 0 Å². The molecule has 3 aromatic rings. The SMILES string of the molecule is Cc1ccc(Cc2ccc(C(=O)On3c(O)ccc3O)cc2)cc1. The van der Waals surface area contributed by atoms with Gasteiger partial charge in [-0.15, -0.1) is 4.73 Å². The second-order valence-electron chi connectivity index (χ2n) is 5.58. The Morgan fingerprint density at radius 2 is 1.38 bits per heavy atom. The highest BCUT2D eigenvalue weighted by molar-refractivity contribution is 5.89. The highest BCUT2D eigenvalue weighted by Crippen LogP contribution is 2.19. The van der Waals surface area contributed by atoms with Gasteiger partial charge in [-0.3, -0.25) is 0 Å². The lowest BCUT2D eigenvalue weighted by Crippen LogP contribution is -2.19. The van der Waals surface area contributed by atoms with E-state index in [9.17, 15) is 15.0 Å². The summed E-state index contributed by atoms with van der Waals surface area (Å²) in [5.41, 5.74) is 3.81. The zero-order valence-electron chi connectivity index (χ0n) is 13.1. The zero-order chi connectivity index (χ0) is 17.1. The maximum absolute atomic E-state index is 12.1. The van der Waals surface area contributed by atoms with Gasteiger partial charge in [0.05, 0.1) is 5.56 Å². The van der Waals surface area contributed by atoms with E-state index in [0.29, 0.717) is 10.3 Å². The molecule has 1 aromatic heterocycles. The van der Waals surface area contributed by atoms with Crippen molar-refractivity contribution in [2.75, 3.05) is 0 Å². The molecule has 2 aromatic carbocycles. The van der Waals surface area contributed by atoms with Crippen LogP contribution in [0.4, 0.5) is 0 Å². The molecule has 0 radical (unpaired) electrons. The first-order chi connectivity index (χ1) is 11.5. The van der Waals surface area contributed by atoms with Gasteiger partial charge in [0.1, 0.15) is 0 Å². The van der Waals surface area contributed by atoms with Crippen molar-refractivity contribution >= 4 is 5.97 Å². The molecule has 0 aliphatic heterocycles. The summed E-state index contributed by atoms with van der Waals surface area (Å²) in [6, 6.07) is 17.8. The second-order valence-corrected chi connectivity index (χ2v) is 5.58.